The smallest absolute Gasteiger partial charge is 0.342 e. The molecule has 3 rings (SSSR count). The monoisotopic (exact) mass is 406 g/mol. The number of rotatable bonds is 6. The fraction of sp³-hybridized carbons (Fsp3) is 0.667. The maximum atomic E-state index is 12.7. The Hall–Kier alpha value is -1.89. The molecule has 0 spiro atoms. The Balaban J connectivity index is 1.61. The van der Waals surface area contributed by atoms with E-state index in [4.69, 9.17) is 4.74 Å². The van der Waals surface area contributed by atoms with Crippen LogP contribution in [0.3, 0.4) is 0 Å². The summed E-state index contributed by atoms with van der Waals surface area (Å²) < 4.78 is 5.44. The molecular formula is C21H30N2O4S. The Morgan fingerprint density at radius 3 is 2.43 bits per heavy atom. The zero-order valence-electron chi connectivity index (χ0n) is 17.3. The number of fused-ring (bicyclic) bond motifs is 2. The van der Waals surface area contributed by atoms with E-state index in [0.29, 0.717) is 16.5 Å². The molecule has 0 unspecified atom stereocenters. The van der Waals surface area contributed by atoms with Crippen molar-refractivity contribution >= 4 is 34.1 Å². The van der Waals surface area contributed by atoms with Crippen molar-refractivity contribution in [2.75, 3.05) is 5.32 Å². The molecule has 2 fully saturated rings. The van der Waals surface area contributed by atoms with Gasteiger partial charge in [-0.3, -0.25) is 9.59 Å². The number of nitrogens with one attached hydrogen (secondary N) is 2. The fourth-order valence-electron chi connectivity index (χ4n) is 4.75. The third kappa shape index (κ3) is 4.24. The van der Waals surface area contributed by atoms with Gasteiger partial charge in [0, 0.05) is 17.8 Å². The van der Waals surface area contributed by atoms with Crippen molar-refractivity contribution in [1.29, 1.82) is 0 Å². The average molecular weight is 407 g/mol. The normalized spacial score (nSPS) is 25.2. The molecule has 2 aliphatic rings. The van der Waals surface area contributed by atoms with Gasteiger partial charge in [-0.15, -0.1) is 11.3 Å². The van der Waals surface area contributed by atoms with Gasteiger partial charge in [-0.05, 0) is 70.3 Å². The van der Waals surface area contributed by atoms with E-state index in [2.05, 4.69) is 17.6 Å². The first kappa shape index (κ1) is 20.8. The highest BCUT2D eigenvalue weighted by molar-refractivity contribution is 7.16. The predicted molar refractivity (Wildman–Crippen MR) is 110 cm³/mol. The summed E-state index contributed by atoms with van der Waals surface area (Å²) in [5.74, 6) is 0.964. The zero-order chi connectivity index (χ0) is 20.6. The number of carbonyl (C=O) groups excluding carboxylic acids is 3. The summed E-state index contributed by atoms with van der Waals surface area (Å²) in [7, 11) is 0. The number of ether oxygens (including phenoxy) is 1. The van der Waals surface area contributed by atoms with E-state index in [1.807, 2.05) is 13.8 Å². The van der Waals surface area contributed by atoms with Gasteiger partial charge in [0.2, 0.25) is 5.91 Å². The van der Waals surface area contributed by atoms with Gasteiger partial charge in [0.25, 0.3) is 5.91 Å². The lowest BCUT2D eigenvalue weighted by atomic mass is 9.84. The second-order valence-corrected chi connectivity index (χ2v) is 9.58. The van der Waals surface area contributed by atoms with Gasteiger partial charge in [-0.1, -0.05) is 6.42 Å². The van der Waals surface area contributed by atoms with Gasteiger partial charge in [0.05, 0.1) is 5.56 Å². The maximum Gasteiger partial charge on any atom is 0.342 e. The summed E-state index contributed by atoms with van der Waals surface area (Å²) >= 11 is 1.33. The summed E-state index contributed by atoms with van der Waals surface area (Å²) in [6.07, 6.45) is 4.18. The standard InChI is InChI=1S/C21H30N2O4S/c1-10-13(4)28-20(23-14(5)24)18(10)21(26)27-12(3)19(25)22-11(2)17-9-15-6-7-16(17)8-15/h11-12,15-17H,6-9H2,1-5H3,(H,22,25)(H,23,24)/t11-,12-,15-,16+,17-/m1/s1. The molecule has 2 N–H and O–H groups in total. The topological polar surface area (TPSA) is 84.5 Å². The summed E-state index contributed by atoms with van der Waals surface area (Å²) in [6, 6.07) is 0.0871. The molecule has 1 aromatic heterocycles. The Bertz CT molecular complexity index is 788. The highest BCUT2D eigenvalue weighted by atomic mass is 32.1. The van der Waals surface area contributed by atoms with Crippen LogP contribution in [0, 0.1) is 31.6 Å². The molecule has 1 aromatic rings. The number of hydrogen-bond acceptors (Lipinski definition) is 5. The second-order valence-electron chi connectivity index (χ2n) is 8.35. The number of carbonyl (C=O) groups is 3. The van der Waals surface area contributed by atoms with Crippen LogP contribution in [0.5, 0.6) is 0 Å². The van der Waals surface area contributed by atoms with Crippen molar-refractivity contribution < 1.29 is 19.1 Å². The molecule has 5 atom stereocenters. The summed E-state index contributed by atoms with van der Waals surface area (Å²) in [4.78, 5) is 37.6. The van der Waals surface area contributed by atoms with E-state index >= 15 is 0 Å². The van der Waals surface area contributed by atoms with E-state index in [1.54, 1.807) is 6.92 Å². The molecule has 6 nitrogen and oxygen atoms in total. The number of esters is 1. The number of aryl methyl sites for hydroxylation is 1. The summed E-state index contributed by atoms with van der Waals surface area (Å²) in [5, 5.41) is 6.20. The molecule has 0 saturated heterocycles. The minimum atomic E-state index is -0.890. The largest absolute Gasteiger partial charge is 0.449 e. The average Bonchev–Trinajstić information content (AvgIpc) is 3.30. The zero-order valence-corrected chi connectivity index (χ0v) is 18.1. The van der Waals surface area contributed by atoms with E-state index in [0.717, 1.165) is 22.3 Å². The van der Waals surface area contributed by atoms with Gasteiger partial charge in [-0.25, -0.2) is 4.79 Å². The van der Waals surface area contributed by atoms with Crippen LogP contribution in [0.2, 0.25) is 0 Å². The number of amides is 2. The first-order valence-corrected chi connectivity index (χ1v) is 10.9. The van der Waals surface area contributed by atoms with Crippen molar-refractivity contribution in [3.63, 3.8) is 0 Å². The molecule has 154 valence electrons. The third-order valence-corrected chi connectivity index (χ3v) is 7.46. The Morgan fingerprint density at radius 2 is 1.86 bits per heavy atom. The Labute approximate surface area is 170 Å². The molecule has 2 bridgehead atoms. The maximum absolute atomic E-state index is 12.7. The second kappa shape index (κ2) is 8.23. The minimum Gasteiger partial charge on any atom is -0.449 e. The highest BCUT2D eigenvalue weighted by Gasteiger charge is 2.42. The number of hydrogen-bond donors (Lipinski definition) is 2. The van der Waals surface area contributed by atoms with Crippen molar-refractivity contribution in [2.45, 2.75) is 72.4 Å². The Kier molecular flexibility index (Phi) is 6.12. The molecule has 2 saturated carbocycles. The SMILES string of the molecule is CC(=O)Nc1sc(C)c(C)c1C(=O)O[C@H](C)C(=O)N[C@H](C)[C@H]1C[C@@H]2CC[C@H]1C2. The first-order valence-electron chi connectivity index (χ1n) is 10.1. The molecule has 28 heavy (non-hydrogen) atoms. The van der Waals surface area contributed by atoms with Crippen LogP contribution < -0.4 is 10.6 Å². The lowest BCUT2D eigenvalue weighted by Gasteiger charge is -2.29. The van der Waals surface area contributed by atoms with Crippen LogP contribution in [0.4, 0.5) is 5.00 Å². The lowest BCUT2D eigenvalue weighted by Crippen LogP contribution is -2.45. The van der Waals surface area contributed by atoms with Crippen molar-refractivity contribution in [1.82, 2.24) is 5.32 Å². The fourth-order valence-corrected chi connectivity index (χ4v) is 5.84. The van der Waals surface area contributed by atoms with Crippen LogP contribution >= 0.6 is 11.3 Å². The molecule has 0 aromatic carbocycles. The van der Waals surface area contributed by atoms with E-state index in [9.17, 15) is 14.4 Å². The summed E-state index contributed by atoms with van der Waals surface area (Å²) in [5.41, 5.74) is 1.10. The van der Waals surface area contributed by atoms with Gasteiger partial charge in [-0.2, -0.15) is 0 Å². The van der Waals surface area contributed by atoms with E-state index in [-0.39, 0.29) is 17.9 Å². The number of thiophene rings is 1. The van der Waals surface area contributed by atoms with Crippen LogP contribution in [0.25, 0.3) is 0 Å². The third-order valence-electron chi connectivity index (χ3n) is 6.34. The first-order chi connectivity index (χ1) is 13.2. The number of anilines is 1. The Morgan fingerprint density at radius 1 is 1.14 bits per heavy atom. The van der Waals surface area contributed by atoms with Gasteiger partial charge >= 0.3 is 5.97 Å². The van der Waals surface area contributed by atoms with Crippen LogP contribution in [0.1, 0.15) is 67.3 Å². The van der Waals surface area contributed by atoms with Crippen molar-refractivity contribution in [3.8, 4) is 0 Å². The van der Waals surface area contributed by atoms with Crippen LogP contribution in [0.15, 0.2) is 0 Å². The molecule has 7 heteroatoms. The minimum absolute atomic E-state index is 0.0871. The van der Waals surface area contributed by atoms with E-state index < -0.39 is 12.1 Å². The van der Waals surface area contributed by atoms with Crippen LogP contribution in [-0.2, 0) is 14.3 Å². The lowest BCUT2D eigenvalue weighted by molar-refractivity contribution is -0.130. The van der Waals surface area contributed by atoms with Gasteiger partial charge in [0.15, 0.2) is 6.10 Å². The van der Waals surface area contributed by atoms with E-state index in [1.165, 1.54) is 43.9 Å². The van der Waals surface area contributed by atoms with Gasteiger partial charge < -0.3 is 15.4 Å². The highest BCUT2D eigenvalue weighted by Crippen LogP contribution is 2.49. The molecule has 0 aliphatic heterocycles. The van der Waals surface area contributed by atoms with Crippen molar-refractivity contribution in [2.24, 2.45) is 17.8 Å². The molecular weight excluding hydrogens is 376 g/mol. The molecule has 0 radical (unpaired) electrons. The molecule has 1 heterocycles. The molecule has 2 amide bonds. The molecule has 2 aliphatic carbocycles. The van der Waals surface area contributed by atoms with Gasteiger partial charge in [0.1, 0.15) is 5.00 Å². The summed E-state index contributed by atoms with van der Waals surface area (Å²) in [6.45, 7) is 8.74. The van der Waals surface area contributed by atoms with Crippen molar-refractivity contribution in [3.05, 3.63) is 16.0 Å². The van der Waals surface area contributed by atoms with Crippen LogP contribution in [-0.4, -0.2) is 29.9 Å². The quantitative estimate of drug-likeness (QED) is 0.704. The predicted octanol–water partition coefficient (Wildman–Crippen LogP) is 3.81.